The highest BCUT2D eigenvalue weighted by Crippen LogP contribution is 2.33. The summed E-state index contributed by atoms with van der Waals surface area (Å²) in [5, 5.41) is 14.0. The van der Waals surface area contributed by atoms with Crippen molar-refractivity contribution in [3.8, 4) is 24.1 Å². The molecule has 10 heteroatoms. The van der Waals surface area contributed by atoms with Crippen LogP contribution in [-0.2, 0) is 24.1 Å². The Morgan fingerprint density at radius 2 is 2.06 bits per heavy atom. The van der Waals surface area contributed by atoms with E-state index < -0.39 is 17.9 Å². The van der Waals surface area contributed by atoms with Gasteiger partial charge >= 0.3 is 6.18 Å². The predicted molar refractivity (Wildman–Crippen MR) is 116 cm³/mol. The van der Waals surface area contributed by atoms with E-state index in [4.69, 9.17) is 11.2 Å². The van der Waals surface area contributed by atoms with E-state index in [9.17, 15) is 18.4 Å². The van der Waals surface area contributed by atoms with Crippen LogP contribution in [0, 0.1) is 23.7 Å². The second-order valence-corrected chi connectivity index (χ2v) is 7.78. The molecule has 3 heterocycles. The number of hydrazone groups is 1. The van der Waals surface area contributed by atoms with E-state index >= 15 is 0 Å². The number of fused-ring (bicyclic) bond motifs is 5. The smallest absolute Gasteiger partial charge is 0.373 e. The van der Waals surface area contributed by atoms with Crippen molar-refractivity contribution in [1.29, 1.82) is 5.26 Å². The molecule has 1 unspecified atom stereocenters. The minimum absolute atomic E-state index is 0.0545. The molecule has 0 radical (unpaired) electrons. The van der Waals surface area contributed by atoms with E-state index in [-0.39, 0.29) is 24.5 Å². The van der Waals surface area contributed by atoms with Crippen LogP contribution in [0.3, 0.4) is 0 Å². The van der Waals surface area contributed by atoms with Crippen molar-refractivity contribution in [3.05, 3.63) is 82.4 Å². The number of alkyl halides is 3. The summed E-state index contributed by atoms with van der Waals surface area (Å²) in [5.41, 5.74) is 5.45. The zero-order valence-corrected chi connectivity index (χ0v) is 17.7. The number of halogens is 3. The van der Waals surface area contributed by atoms with Gasteiger partial charge in [0.1, 0.15) is 18.6 Å². The standard InChI is InChI=1S/C24H17F3N6O/c1-2-15-7-8-20-17(9-15)23-31-30-22(32(23)11-21-19(10-28)29-14-33(20)21)13-34-12-16-5-3-4-6-18(16)24(25,26)27/h1,3-9,14,22,30H,11-13H2. The minimum atomic E-state index is -4.46. The molecular weight excluding hydrogens is 445 g/mol. The van der Waals surface area contributed by atoms with Crippen molar-refractivity contribution in [2.45, 2.75) is 25.5 Å². The maximum Gasteiger partial charge on any atom is 0.416 e. The van der Waals surface area contributed by atoms with Crippen molar-refractivity contribution in [3.63, 3.8) is 0 Å². The Balaban J connectivity index is 1.42. The molecule has 0 spiro atoms. The summed E-state index contributed by atoms with van der Waals surface area (Å²) in [5.74, 6) is 3.21. The number of aromatic nitrogens is 2. The second-order valence-electron chi connectivity index (χ2n) is 7.78. The lowest BCUT2D eigenvalue weighted by atomic mass is 10.1. The van der Waals surface area contributed by atoms with Crippen LogP contribution in [-0.4, -0.2) is 33.1 Å². The Bertz CT molecular complexity index is 1380. The molecule has 2 aliphatic heterocycles. The molecule has 0 bridgehead atoms. The summed E-state index contributed by atoms with van der Waals surface area (Å²) in [6, 6.07) is 12.9. The zero-order chi connectivity index (χ0) is 23.9. The van der Waals surface area contributed by atoms with Gasteiger partial charge < -0.3 is 9.64 Å². The Morgan fingerprint density at radius 3 is 2.82 bits per heavy atom. The number of hydrogen-bond acceptors (Lipinski definition) is 6. The van der Waals surface area contributed by atoms with Crippen molar-refractivity contribution >= 4 is 5.84 Å². The van der Waals surface area contributed by atoms with Gasteiger partial charge in [0.25, 0.3) is 0 Å². The maximum atomic E-state index is 13.3. The fraction of sp³-hybridized carbons (Fsp3) is 0.208. The monoisotopic (exact) mass is 462 g/mol. The molecule has 5 rings (SSSR count). The molecule has 1 N–H and O–H groups in total. The summed E-state index contributed by atoms with van der Waals surface area (Å²) in [6.07, 6.45) is 2.24. The minimum Gasteiger partial charge on any atom is -0.373 e. The fourth-order valence-corrected chi connectivity index (χ4v) is 4.15. The van der Waals surface area contributed by atoms with E-state index in [0.29, 0.717) is 23.6 Å². The molecule has 7 nitrogen and oxygen atoms in total. The van der Waals surface area contributed by atoms with E-state index in [1.165, 1.54) is 12.1 Å². The molecule has 170 valence electrons. The van der Waals surface area contributed by atoms with Gasteiger partial charge in [-0.05, 0) is 29.8 Å². The first-order valence-corrected chi connectivity index (χ1v) is 10.3. The van der Waals surface area contributed by atoms with Gasteiger partial charge in [-0.2, -0.15) is 23.5 Å². The van der Waals surface area contributed by atoms with Gasteiger partial charge in [0.15, 0.2) is 11.5 Å². The van der Waals surface area contributed by atoms with Crippen LogP contribution in [0.4, 0.5) is 13.2 Å². The first kappa shape index (κ1) is 21.6. The highest BCUT2D eigenvalue weighted by molar-refractivity contribution is 6.03. The predicted octanol–water partition coefficient (Wildman–Crippen LogP) is 3.37. The average molecular weight is 462 g/mol. The number of nitrogens with one attached hydrogen (secondary N) is 1. The number of amidine groups is 1. The molecular formula is C24H17F3N6O. The van der Waals surface area contributed by atoms with Crippen LogP contribution in [0.1, 0.15) is 33.6 Å². The highest BCUT2D eigenvalue weighted by atomic mass is 19.4. The lowest BCUT2D eigenvalue weighted by Crippen LogP contribution is -2.43. The largest absolute Gasteiger partial charge is 0.416 e. The van der Waals surface area contributed by atoms with Gasteiger partial charge in [0.05, 0.1) is 36.7 Å². The second kappa shape index (κ2) is 8.25. The summed E-state index contributed by atoms with van der Waals surface area (Å²) < 4.78 is 47.4. The van der Waals surface area contributed by atoms with Crippen LogP contribution in [0.15, 0.2) is 53.9 Å². The average Bonchev–Trinajstić information content (AvgIpc) is 3.39. The quantitative estimate of drug-likeness (QED) is 0.602. The lowest BCUT2D eigenvalue weighted by Gasteiger charge is -2.26. The molecule has 0 amide bonds. The number of imidazole rings is 1. The Kier molecular flexibility index (Phi) is 5.23. The highest BCUT2D eigenvalue weighted by Gasteiger charge is 2.36. The van der Waals surface area contributed by atoms with E-state index in [2.05, 4.69) is 27.5 Å². The molecule has 0 aliphatic carbocycles. The lowest BCUT2D eigenvalue weighted by molar-refractivity contribution is -0.139. The number of ether oxygens (including phenoxy) is 1. The molecule has 1 aromatic heterocycles. The summed E-state index contributed by atoms with van der Waals surface area (Å²) >= 11 is 0. The molecule has 2 aromatic carbocycles. The van der Waals surface area contributed by atoms with Crippen molar-refractivity contribution < 1.29 is 17.9 Å². The summed E-state index contributed by atoms with van der Waals surface area (Å²) in [4.78, 5) is 6.11. The van der Waals surface area contributed by atoms with Crippen LogP contribution in [0.2, 0.25) is 0 Å². The number of nitriles is 1. The van der Waals surface area contributed by atoms with Crippen LogP contribution >= 0.6 is 0 Å². The van der Waals surface area contributed by atoms with E-state index in [1.807, 2.05) is 21.6 Å². The summed E-state index contributed by atoms with van der Waals surface area (Å²) in [6.45, 7) is 0.136. The molecule has 0 saturated heterocycles. The number of hydrogen-bond donors (Lipinski definition) is 1. The topological polar surface area (TPSA) is 78.5 Å². The van der Waals surface area contributed by atoms with E-state index in [0.717, 1.165) is 17.3 Å². The third kappa shape index (κ3) is 3.64. The first-order chi connectivity index (χ1) is 16.4. The summed E-state index contributed by atoms with van der Waals surface area (Å²) in [7, 11) is 0. The van der Waals surface area contributed by atoms with E-state index in [1.54, 1.807) is 18.5 Å². The van der Waals surface area contributed by atoms with Crippen LogP contribution < -0.4 is 5.43 Å². The fourth-order valence-electron chi connectivity index (χ4n) is 4.15. The van der Waals surface area contributed by atoms with Crippen molar-refractivity contribution in [1.82, 2.24) is 19.9 Å². The van der Waals surface area contributed by atoms with Gasteiger partial charge in [-0.15, -0.1) is 6.42 Å². The number of benzene rings is 2. The molecule has 2 aliphatic rings. The molecule has 3 aromatic rings. The maximum absolute atomic E-state index is 13.3. The van der Waals surface area contributed by atoms with Gasteiger partial charge in [0, 0.05) is 11.1 Å². The Labute approximate surface area is 193 Å². The normalized spacial score (nSPS) is 16.3. The van der Waals surface area contributed by atoms with Gasteiger partial charge in [-0.3, -0.25) is 9.99 Å². The molecule has 34 heavy (non-hydrogen) atoms. The SMILES string of the molecule is C#Cc1ccc2c(c1)C1=NNC(COCc3ccccc3C(F)(F)F)N1Cc1c(C#N)ncn1-2. The van der Waals surface area contributed by atoms with Crippen molar-refractivity contribution in [2.24, 2.45) is 5.10 Å². The number of nitrogens with zero attached hydrogens (tertiary/aromatic N) is 5. The van der Waals surface area contributed by atoms with Gasteiger partial charge in [-0.25, -0.2) is 4.98 Å². The van der Waals surface area contributed by atoms with Crippen LogP contribution in [0.25, 0.3) is 5.69 Å². The van der Waals surface area contributed by atoms with Crippen molar-refractivity contribution in [2.75, 3.05) is 6.61 Å². The van der Waals surface area contributed by atoms with Gasteiger partial charge in [0.2, 0.25) is 0 Å². The number of rotatable bonds is 4. The molecule has 0 fully saturated rings. The first-order valence-electron chi connectivity index (χ1n) is 10.3. The molecule has 1 atom stereocenters. The Morgan fingerprint density at radius 1 is 1.24 bits per heavy atom. The molecule has 0 saturated carbocycles. The zero-order valence-electron chi connectivity index (χ0n) is 17.7. The third-order valence-electron chi connectivity index (χ3n) is 5.78. The van der Waals surface area contributed by atoms with Gasteiger partial charge in [-0.1, -0.05) is 24.1 Å². The number of terminal acetylenes is 1. The van der Waals surface area contributed by atoms with Crippen LogP contribution in [0.5, 0.6) is 0 Å². The Hall–Kier alpha value is -4.28. The third-order valence-corrected chi connectivity index (χ3v) is 5.78.